The zero-order chi connectivity index (χ0) is 12.1. The van der Waals surface area contributed by atoms with Crippen molar-refractivity contribution in [1.29, 1.82) is 0 Å². The third-order valence-electron chi connectivity index (χ3n) is 2.94. The van der Waals surface area contributed by atoms with Gasteiger partial charge >= 0.3 is 0 Å². The van der Waals surface area contributed by atoms with Gasteiger partial charge in [0.25, 0.3) is 0 Å². The molecule has 0 aliphatic carbocycles. The van der Waals surface area contributed by atoms with Gasteiger partial charge in [-0.1, -0.05) is 11.6 Å². The Kier molecular flexibility index (Phi) is 4.51. The van der Waals surface area contributed by atoms with Crippen LogP contribution in [0.1, 0.15) is 19.8 Å². The van der Waals surface area contributed by atoms with E-state index < -0.39 is 0 Å². The normalized spacial score (nSPS) is 16.8. The third-order valence-corrected chi connectivity index (χ3v) is 3.24. The van der Waals surface area contributed by atoms with E-state index in [9.17, 15) is 0 Å². The third kappa shape index (κ3) is 3.51. The number of anilines is 1. The van der Waals surface area contributed by atoms with Crippen LogP contribution in [-0.2, 0) is 0 Å². The molecule has 2 rings (SSSR count). The molecular weight excluding hydrogens is 236 g/mol. The van der Waals surface area contributed by atoms with Crippen molar-refractivity contribution in [3.63, 3.8) is 0 Å². The molecule has 3 nitrogen and oxygen atoms in total. The van der Waals surface area contributed by atoms with Crippen LogP contribution in [0.3, 0.4) is 0 Å². The first-order valence-corrected chi connectivity index (χ1v) is 6.57. The van der Waals surface area contributed by atoms with E-state index in [1.165, 1.54) is 0 Å². The van der Waals surface area contributed by atoms with Crippen LogP contribution in [0.4, 0.5) is 5.69 Å². The summed E-state index contributed by atoms with van der Waals surface area (Å²) in [4.78, 5) is 0. The minimum absolute atomic E-state index is 0.547. The zero-order valence-corrected chi connectivity index (χ0v) is 10.9. The number of nitrogens with one attached hydrogen (secondary N) is 2. The minimum atomic E-state index is 0.547. The van der Waals surface area contributed by atoms with Crippen molar-refractivity contribution in [2.45, 2.75) is 25.8 Å². The summed E-state index contributed by atoms with van der Waals surface area (Å²) in [6.07, 6.45) is 2.32. The fourth-order valence-corrected chi connectivity index (χ4v) is 2.30. The summed E-state index contributed by atoms with van der Waals surface area (Å²) in [5, 5.41) is 7.53. The van der Waals surface area contributed by atoms with Crippen molar-refractivity contribution in [1.82, 2.24) is 5.32 Å². The van der Waals surface area contributed by atoms with Gasteiger partial charge in [-0.15, -0.1) is 0 Å². The molecule has 4 heteroatoms. The van der Waals surface area contributed by atoms with Crippen molar-refractivity contribution in [2.24, 2.45) is 0 Å². The lowest BCUT2D eigenvalue weighted by atomic mass is 10.1. The Morgan fingerprint density at radius 2 is 2.18 bits per heavy atom. The molecular formula is C13H19ClN2O. The second-order valence-corrected chi connectivity index (χ2v) is 4.65. The van der Waals surface area contributed by atoms with Crippen molar-refractivity contribution in [3.05, 3.63) is 23.2 Å². The maximum Gasteiger partial charge on any atom is 0.138 e. The van der Waals surface area contributed by atoms with Crippen LogP contribution in [-0.4, -0.2) is 25.7 Å². The van der Waals surface area contributed by atoms with E-state index in [0.29, 0.717) is 17.7 Å². The van der Waals surface area contributed by atoms with Gasteiger partial charge in [0.15, 0.2) is 0 Å². The Bertz CT molecular complexity index is 364. The van der Waals surface area contributed by atoms with Crippen LogP contribution in [0.25, 0.3) is 0 Å². The molecule has 17 heavy (non-hydrogen) atoms. The second kappa shape index (κ2) is 6.12. The van der Waals surface area contributed by atoms with Gasteiger partial charge in [0.1, 0.15) is 5.75 Å². The fraction of sp³-hybridized carbons (Fsp3) is 0.538. The number of benzene rings is 1. The SMILES string of the molecule is CCOc1ccc(NC2CCNCC2)cc1Cl. The van der Waals surface area contributed by atoms with E-state index >= 15 is 0 Å². The maximum atomic E-state index is 6.15. The zero-order valence-electron chi connectivity index (χ0n) is 10.1. The average molecular weight is 255 g/mol. The van der Waals surface area contributed by atoms with Crippen molar-refractivity contribution in [3.8, 4) is 5.75 Å². The molecule has 1 aliphatic rings. The van der Waals surface area contributed by atoms with Crippen LogP contribution in [0.2, 0.25) is 5.02 Å². The van der Waals surface area contributed by atoms with E-state index in [1.807, 2.05) is 25.1 Å². The first kappa shape index (κ1) is 12.5. The standard InChI is InChI=1S/C13H19ClN2O/c1-2-17-13-4-3-11(9-12(13)14)16-10-5-7-15-8-6-10/h3-4,9-10,15-16H,2,5-8H2,1H3. The molecule has 0 saturated carbocycles. The Balaban J connectivity index is 1.98. The molecule has 0 unspecified atom stereocenters. The summed E-state index contributed by atoms with van der Waals surface area (Å²) in [5.74, 6) is 0.755. The first-order valence-electron chi connectivity index (χ1n) is 6.19. The topological polar surface area (TPSA) is 33.3 Å². The number of hydrogen-bond acceptors (Lipinski definition) is 3. The molecule has 0 atom stereocenters. The molecule has 94 valence electrons. The van der Waals surface area contributed by atoms with E-state index in [2.05, 4.69) is 10.6 Å². The predicted octanol–water partition coefficient (Wildman–Crippen LogP) is 2.90. The fourth-order valence-electron chi connectivity index (χ4n) is 2.07. The van der Waals surface area contributed by atoms with Gasteiger partial charge < -0.3 is 15.4 Å². The van der Waals surface area contributed by atoms with Crippen LogP contribution in [0, 0.1) is 0 Å². The van der Waals surface area contributed by atoms with Gasteiger partial charge in [-0.05, 0) is 51.1 Å². The Morgan fingerprint density at radius 1 is 1.41 bits per heavy atom. The van der Waals surface area contributed by atoms with E-state index in [4.69, 9.17) is 16.3 Å². The lowest BCUT2D eigenvalue weighted by Gasteiger charge is -2.24. The molecule has 1 aliphatic heterocycles. The van der Waals surface area contributed by atoms with E-state index in [1.54, 1.807) is 0 Å². The molecule has 0 bridgehead atoms. The second-order valence-electron chi connectivity index (χ2n) is 4.25. The highest BCUT2D eigenvalue weighted by atomic mass is 35.5. The molecule has 0 spiro atoms. The average Bonchev–Trinajstić information content (AvgIpc) is 2.34. The number of ether oxygens (including phenoxy) is 1. The molecule has 1 aromatic carbocycles. The van der Waals surface area contributed by atoms with Crippen LogP contribution in [0.15, 0.2) is 18.2 Å². The summed E-state index contributed by atoms with van der Waals surface area (Å²) in [7, 11) is 0. The highest BCUT2D eigenvalue weighted by Gasteiger charge is 2.13. The molecule has 0 amide bonds. The smallest absolute Gasteiger partial charge is 0.138 e. The summed E-state index contributed by atoms with van der Waals surface area (Å²) in [6.45, 7) is 4.77. The largest absolute Gasteiger partial charge is 0.492 e. The number of piperidine rings is 1. The number of hydrogen-bond donors (Lipinski definition) is 2. The summed E-state index contributed by atoms with van der Waals surface area (Å²) in [5.41, 5.74) is 1.07. The maximum absolute atomic E-state index is 6.15. The molecule has 0 aromatic heterocycles. The number of rotatable bonds is 4. The van der Waals surface area contributed by atoms with Crippen molar-refractivity contribution in [2.75, 3.05) is 25.0 Å². The highest BCUT2D eigenvalue weighted by Crippen LogP contribution is 2.28. The van der Waals surface area contributed by atoms with Crippen molar-refractivity contribution < 1.29 is 4.74 Å². The quantitative estimate of drug-likeness (QED) is 0.867. The van der Waals surface area contributed by atoms with Crippen LogP contribution >= 0.6 is 11.6 Å². The predicted molar refractivity (Wildman–Crippen MR) is 72.1 cm³/mol. The molecule has 2 N–H and O–H groups in total. The van der Waals surface area contributed by atoms with Gasteiger partial charge in [0, 0.05) is 11.7 Å². The Labute approximate surface area is 107 Å². The van der Waals surface area contributed by atoms with E-state index in [0.717, 1.165) is 37.4 Å². The lowest BCUT2D eigenvalue weighted by molar-refractivity contribution is 0.340. The lowest BCUT2D eigenvalue weighted by Crippen LogP contribution is -2.35. The summed E-state index contributed by atoms with van der Waals surface area (Å²) >= 11 is 6.15. The molecule has 0 radical (unpaired) electrons. The van der Waals surface area contributed by atoms with Crippen LogP contribution < -0.4 is 15.4 Å². The Morgan fingerprint density at radius 3 is 2.82 bits per heavy atom. The minimum Gasteiger partial charge on any atom is -0.492 e. The Hall–Kier alpha value is -0.930. The van der Waals surface area contributed by atoms with Gasteiger partial charge in [0.2, 0.25) is 0 Å². The molecule has 1 aromatic rings. The van der Waals surface area contributed by atoms with E-state index in [-0.39, 0.29) is 0 Å². The molecule has 1 saturated heterocycles. The summed E-state index contributed by atoms with van der Waals surface area (Å²) < 4.78 is 5.41. The first-order chi connectivity index (χ1) is 8.29. The highest BCUT2D eigenvalue weighted by molar-refractivity contribution is 6.32. The van der Waals surface area contributed by atoms with Gasteiger partial charge in [-0.2, -0.15) is 0 Å². The molecule has 1 heterocycles. The van der Waals surface area contributed by atoms with Gasteiger partial charge in [0.05, 0.1) is 11.6 Å². The number of halogens is 1. The van der Waals surface area contributed by atoms with Crippen molar-refractivity contribution >= 4 is 17.3 Å². The molecule has 1 fully saturated rings. The monoisotopic (exact) mass is 254 g/mol. The van der Waals surface area contributed by atoms with Gasteiger partial charge in [-0.3, -0.25) is 0 Å². The van der Waals surface area contributed by atoms with Crippen LogP contribution in [0.5, 0.6) is 5.75 Å². The summed E-state index contributed by atoms with van der Waals surface area (Å²) in [6, 6.07) is 6.44. The van der Waals surface area contributed by atoms with Gasteiger partial charge in [-0.25, -0.2) is 0 Å².